The highest BCUT2D eigenvalue weighted by atomic mass is 16.2. The molecule has 0 heterocycles. The van der Waals surface area contributed by atoms with E-state index in [4.69, 9.17) is 0 Å². The SMILES string of the molecule is C[C@@]12CCC3[C@@](CCC4[C@@]3(C)CCC[C@@]4(C)C(=O)NCc3ccccc3)(CC1=O)C2. The third-order valence-corrected chi connectivity index (χ3v) is 10.2. The second kappa shape index (κ2) is 6.68. The van der Waals surface area contributed by atoms with E-state index in [1.165, 1.54) is 12.8 Å². The Morgan fingerprint density at radius 2 is 1.73 bits per heavy atom. The van der Waals surface area contributed by atoms with E-state index in [-0.39, 0.29) is 27.6 Å². The number of ketones is 1. The van der Waals surface area contributed by atoms with Gasteiger partial charge in [0.05, 0.1) is 0 Å². The Bertz CT molecular complexity index is 865. The molecule has 0 saturated heterocycles. The third-order valence-electron chi connectivity index (χ3n) is 10.2. The topological polar surface area (TPSA) is 46.2 Å². The van der Waals surface area contributed by atoms with Crippen molar-refractivity contribution < 1.29 is 9.59 Å². The van der Waals surface area contributed by atoms with Crippen molar-refractivity contribution in [1.29, 1.82) is 0 Å². The van der Waals surface area contributed by atoms with E-state index >= 15 is 0 Å². The van der Waals surface area contributed by atoms with Gasteiger partial charge in [0.2, 0.25) is 5.91 Å². The standard InChI is InChI=1S/C27H37NO2/c1-24-14-10-21-25(2)12-7-13-26(3,23(30)28-17-19-8-5-4-6-9-19)20(25)11-15-27(21,18-24)16-22(24)29/h4-6,8-9,20-21H,7,10-18H2,1-3H3,(H,28,30)/t20?,21?,24-,25+,26+,27-/m0/s1. The number of rotatable bonds is 3. The summed E-state index contributed by atoms with van der Waals surface area (Å²) in [6.45, 7) is 7.55. The van der Waals surface area contributed by atoms with Crippen LogP contribution in [0.4, 0.5) is 0 Å². The zero-order valence-corrected chi connectivity index (χ0v) is 18.9. The molecule has 2 bridgehead atoms. The van der Waals surface area contributed by atoms with Gasteiger partial charge in [0.15, 0.2) is 0 Å². The lowest BCUT2D eigenvalue weighted by molar-refractivity contribution is -0.170. The van der Waals surface area contributed by atoms with Crippen LogP contribution in [0.3, 0.4) is 0 Å². The molecule has 1 amide bonds. The average molecular weight is 408 g/mol. The molecule has 5 rings (SSSR count). The number of amides is 1. The lowest BCUT2D eigenvalue weighted by Gasteiger charge is -2.64. The maximum Gasteiger partial charge on any atom is 0.226 e. The summed E-state index contributed by atoms with van der Waals surface area (Å²) in [6, 6.07) is 10.2. The second-order valence-corrected chi connectivity index (χ2v) is 11.8. The number of carbonyl (C=O) groups excluding carboxylic acids is 2. The van der Waals surface area contributed by atoms with Gasteiger partial charge in [-0.15, -0.1) is 0 Å². The fourth-order valence-electron chi connectivity index (χ4n) is 8.76. The average Bonchev–Trinajstić information content (AvgIpc) is 2.90. The molecule has 3 nitrogen and oxygen atoms in total. The molecule has 30 heavy (non-hydrogen) atoms. The summed E-state index contributed by atoms with van der Waals surface area (Å²) in [5.41, 5.74) is 1.19. The van der Waals surface area contributed by atoms with Crippen molar-refractivity contribution in [2.45, 2.75) is 85.1 Å². The number of hydrogen-bond acceptors (Lipinski definition) is 2. The summed E-state index contributed by atoms with van der Waals surface area (Å²) in [4.78, 5) is 26.4. The molecule has 1 aromatic carbocycles. The van der Waals surface area contributed by atoms with Gasteiger partial charge in [-0.3, -0.25) is 9.59 Å². The number of hydrogen-bond donors (Lipinski definition) is 1. The molecule has 0 aliphatic heterocycles. The maximum atomic E-state index is 13.5. The van der Waals surface area contributed by atoms with Gasteiger partial charge in [-0.05, 0) is 73.2 Å². The quantitative estimate of drug-likeness (QED) is 0.701. The minimum absolute atomic E-state index is 0.0648. The molecule has 1 aromatic rings. The zero-order valence-electron chi connectivity index (χ0n) is 18.9. The lowest BCUT2D eigenvalue weighted by atomic mass is 9.40. The van der Waals surface area contributed by atoms with Crippen LogP contribution in [0.25, 0.3) is 0 Å². The van der Waals surface area contributed by atoms with E-state index in [2.05, 4.69) is 38.2 Å². The molecule has 4 aliphatic carbocycles. The Labute approximate surface area is 181 Å². The third kappa shape index (κ3) is 2.76. The Morgan fingerprint density at radius 3 is 2.50 bits per heavy atom. The Balaban J connectivity index is 1.40. The van der Waals surface area contributed by atoms with Gasteiger partial charge in [-0.2, -0.15) is 0 Å². The number of Topliss-reactive ketones (excluding diaryl/α,β-unsaturated/α-hetero) is 1. The van der Waals surface area contributed by atoms with Crippen molar-refractivity contribution in [3.8, 4) is 0 Å². The van der Waals surface area contributed by atoms with Gasteiger partial charge in [-0.25, -0.2) is 0 Å². The van der Waals surface area contributed by atoms with E-state index in [1.807, 2.05) is 18.2 Å². The van der Waals surface area contributed by atoms with Crippen molar-refractivity contribution in [2.24, 2.45) is 33.5 Å². The van der Waals surface area contributed by atoms with Gasteiger partial charge >= 0.3 is 0 Å². The second-order valence-electron chi connectivity index (χ2n) is 11.8. The smallest absolute Gasteiger partial charge is 0.226 e. The molecule has 162 valence electrons. The van der Waals surface area contributed by atoms with Crippen LogP contribution in [0, 0.1) is 33.5 Å². The Morgan fingerprint density at radius 1 is 1.00 bits per heavy atom. The molecular weight excluding hydrogens is 370 g/mol. The fraction of sp³-hybridized carbons (Fsp3) is 0.704. The molecule has 0 aromatic heterocycles. The first-order valence-corrected chi connectivity index (χ1v) is 12.1. The van der Waals surface area contributed by atoms with E-state index in [1.54, 1.807) is 0 Å². The molecular formula is C27H37NO2. The van der Waals surface area contributed by atoms with Crippen LogP contribution >= 0.6 is 0 Å². The molecule has 3 heteroatoms. The number of carbonyl (C=O) groups is 2. The monoisotopic (exact) mass is 407 g/mol. The van der Waals surface area contributed by atoms with Crippen LogP contribution in [0.5, 0.6) is 0 Å². The molecule has 4 fully saturated rings. The first-order valence-electron chi connectivity index (χ1n) is 12.1. The predicted molar refractivity (Wildman–Crippen MR) is 119 cm³/mol. The summed E-state index contributed by atoms with van der Waals surface area (Å²) < 4.78 is 0. The van der Waals surface area contributed by atoms with Crippen molar-refractivity contribution >= 4 is 11.7 Å². The van der Waals surface area contributed by atoms with Crippen molar-refractivity contribution in [1.82, 2.24) is 5.32 Å². The summed E-state index contributed by atoms with van der Waals surface area (Å²) in [5.74, 6) is 1.78. The number of nitrogens with one attached hydrogen (secondary N) is 1. The van der Waals surface area contributed by atoms with Crippen LogP contribution in [0.2, 0.25) is 0 Å². The molecule has 4 aliphatic rings. The van der Waals surface area contributed by atoms with Crippen LogP contribution in [0.15, 0.2) is 30.3 Å². The highest BCUT2D eigenvalue weighted by Gasteiger charge is 2.67. The summed E-state index contributed by atoms with van der Waals surface area (Å²) in [6.07, 6.45) is 9.71. The van der Waals surface area contributed by atoms with Gasteiger partial charge in [0.25, 0.3) is 0 Å². The molecule has 1 N–H and O–H groups in total. The van der Waals surface area contributed by atoms with Crippen molar-refractivity contribution in [3.05, 3.63) is 35.9 Å². The van der Waals surface area contributed by atoms with E-state index < -0.39 is 0 Å². The first-order chi connectivity index (χ1) is 14.2. The minimum Gasteiger partial charge on any atom is -0.352 e. The van der Waals surface area contributed by atoms with E-state index in [0.717, 1.165) is 50.5 Å². The van der Waals surface area contributed by atoms with Crippen molar-refractivity contribution in [2.75, 3.05) is 0 Å². The molecule has 4 saturated carbocycles. The number of benzene rings is 1. The molecule has 2 unspecified atom stereocenters. The van der Waals surface area contributed by atoms with Gasteiger partial charge < -0.3 is 5.32 Å². The summed E-state index contributed by atoms with van der Waals surface area (Å²) >= 11 is 0. The Hall–Kier alpha value is -1.64. The van der Waals surface area contributed by atoms with Crippen LogP contribution in [-0.4, -0.2) is 11.7 Å². The molecule has 6 atom stereocenters. The number of fused-ring (bicyclic) bond motifs is 3. The largest absolute Gasteiger partial charge is 0.352 e. The van der Waals surface area contributed by atoms with Gasteiger partial charge in [-0.1, -0.05) is 57.5 Å². The predicted octanol–water partition coefficient (Wildman–Crippen LogP) is 5.67. The Kier molecular flexibility index (Phi) is 4.51. The van der Waals surface area contributed by atoms with Crippen molar-refractivity contribution in [3.63, 3.8) is 0 Å². The van der Waals surface area contributed by atoms with Gasteiger partial charge in [0, 0.05) is 23.8 Å². The first kappa shape index (κ1) is 20.3. The zero-order chi connectivity index (χ0) is 21.2. The molecule has 1 spiro atoms. The maximum absolute atomic E-state index is 13.5. The normalized spacial score (nSPS) is 44.8. The van der Waals surface area contributed by atoms with E-state index in [9.17, 15) is 9.59 Å². The summed E-state index contributed by atoms with van der Waals surface area (Å²) in [5, 5.41) is 3.28. The van der Waals surface area contributed by atoms with Gasteiger partial charge in [0.1, 0.15) is 5.78 Å². The summed E-state index contributed by atoms with van der Waals surface area (Å²) in [7, 11) is 0. The lowest BCUT2D eigenvalue weighted by Crippen LogP contribution is -2.60. The fourth-order valence-corrected chi connectivity index (χ4v) is 8.76. The van der Waals surface area contributed by atoms with Crippen LogP contribution in [0.1, 0.15) is 84.1 Å². The highest BCUT2D eigenvalue weighted by molar-refractivity contribution is 5.88. The minimum atomic E-state index is -0.299. The van der Waals surface area contributed by atoms with Crippen LogP contribution < -0.4 is 5.32 Å². The molecule has 0 radical (unpaired) electrons. The van der Waals surface area contributed by atoms with E-state index in [0.29, 0.717) is 24.2 Å². The highest BCUT2D eigenvalue weighted by Crippen LogP contribution is 2.72. The van der Waals surface area contributed by atoms with Crippen LogP contribution in [-0.2, 0) is 16.1 Å².